The molecule has 0 amide bonds. The first-order valence-electron chi connectivity index (χ1n) is 5.19. The van der Waals surface area contributed by atoms with Gasteiger partial charge in [0.2, 0.25) is 11.2 Å². The number of rotatable bonds is 4. The second-order valence-electron chi connectivity index (χ2n) is 3.33. The molecule has 1 aromatic heterocycles. The van der Waals surface area contributed by atoms with Gasteiger partial charge in [-0.2, -0.15) is 15.0 Å². The number of para-hydroxylation sites is 1. The molecule has 0 aliphatic rings. The second kappa shape index (κ2) is 5.61. The first kappa shape index (κ1) is 12.5. The van der Waals surface area contributed by atoms with Crippen molar-refractivity contribution in [3.8, 4) is 11.8 Å². The number of aliphatic hydroxyl groups is 1. The van der Waals surface area contributed by atoms with Crippen LogP contribution < -0.4 is 10.1 Å². The lowest BCUT2D eigenvalue weighted by Gasteiger charge is -2.08. The minimum absolute atomic E-state index is 0.0332. The third-order valence-electron chi connectivity index (χ3n) is 2.16. The standard InChI is InChI=1S/C11H11ClN4O2/c1-13-10-14-9(12)15-11(16-10)18-8-5-3-2-4-7(8)6-17/h2-5,17H,6H2,1H3,(H,13,14,15,16). The van der Waals surface area contributed by atoms with E-state index in [1.165, 1.54) is 0 Å². The van der Waals surface area contributed by atoms with Gasteiger partial charge in [0.15, 0.2) is 0 Å². The van der Waals surface area contributed by atoms with Crippen molar-refractivity contribution >= 4 is 17.5 Å². The minimum Gasteiger partial charge on any atom is -0.424 e. The first-order valence-corrected chi connectivity index (χ1v) is 5.56. The van der Waals surface area contributed by atoms with Gasteiger partial charge in [-0.3, -0.25) is 0 Å². The molecule has 2 aromatic rings. The number of nitrogens with zero attached hydrogens (tertiary/aromatic N) is 3. The van der Waals surface area contributed by atoms with Crippen LogP contribution in [0.25, 0.3) is 0 Å². The number of benzene rings is 1. The quantitative estimate of drug-likeness (QED) is 0.879. The van der Waals surface area contributed by atoms with Gasteiger partial charge in [0.1, 0.15) is 5.75 Å². The molecule has 0 aliphatic heterocycles. The van der Waals surface area contributed by atoms with Crippen LogP contribution in [-0.4, -0.2) is 27.1 Å². The highest BCUT2D eigenvalue weighted by atomic mass is 35.5. The predicted octanol–water partition coefficient (Wildman–Crippen LogP) is 1.85. The maximum absolute atomic E-state index is 9.18. The topological polar surface area (TPSA) is 80.2 Å². The summed E-state index contributed by atoms with van der Waals surface area (Å²) in [6, 6.07) is 7.12. The maximum atomic E-state index is 9.18. The van der Waals surface area contributed by atoms with Gasteiger partial charge < -0.3 is 15.2 Å². The number of aromatic nitrogens is 3. The number of halogens is 1. The van der Waals surface area contributed by atoms with E-state index in [1.807, 2.05) is 0 Å². The van der Waals surface area contributed by atoms with Crippen LogP contribution in [0.3, 0.4) is 0 Å². The summed E-state index contributed by atoms with van der Waals surface area (Å²) in [4.78, 5) is 11.7. The number of hydrogen-bond acceptors (Lipinski definition) is 6. The Morgan fingerprint density at radius 3 is 2.78 bits per heavy atom. The van der Waals surface area contributed by atoms with Crippen molar-refractivity contribution in [2.24, 2.45) is 0 Å². The molecule has 0 atom stereocenters. The Kier molecular flexibility index (Phi) is 3.91. The highest BCUT2D eigenvalue weighted by Crippen LogP contribution is 2.23. The third kappa shape index (κ3) is 2.85. The van der Waals surface area contributed by atoms with Crippen LogP contribution in [0.1, 0.15) is 5.56 Å². The highest BCUT2D eigenvalue weighted by molar-refractivity contribution is 6.28. The summed E-state index contributed by atoms with van der Waals surface area (Å²) in [6.07, 6.45) is 0. The molecule has 94 valence electrons. The normalized spacial score (nSPS) is 10.2. The van der Waals surface area contributed by atoms with Crippen LogP contribution in [0.4, 0.5) is 5.95 Å². The van der Waals surface area contributed by atoms with Crippen molar-refractivity contribution in [3.05, 3.63) is 35.1 Å². The molecule has 0 fully saturated rings. The lowest BCUT2D eigenvalue weighted by Crippen LogP contribution is -2.02. The monoisotopic (exact) mass is 266 g/mol. The van der Waals surface area contributed by atoms with Gasteiger partial charge in [0.25, 0.3) is 0 Å². The molecule has 1 heterocycles. The summed E-state index contributed by atoms with van der Waals surface area (Å²) >= 11 is 5.74. The lowest BCUT2D eigenvalue weighted by molar-refractivity contribution is 0.275. The van der Waals surface area contributed by atoms with Crippen molar-refractivity contribution in [2.75, 3.05) is 12.4 Å². The largest absolute Gasteiger partial charge is 0.424 e. The van der Waals surface area contributed by atoms with Gasteiger partial charge in [0, 0.05) is 12.6 Å². The molecule has 0 saturated carbocycles. The molecular formula is C11H11ClN4O2. The van der Waals surface area contributed by atoms with Crippen molar-refractivity contribution in [1.82, 2.24) is 15.0 Å². The van der Waals surface area contributed by atoms with Gasteiger partial charge in [-0.05, 0) is 17.7 Å². The van der Waals surface area contributed by atoms with Crippen LogP contribution in [0.5, 0.6) is 11.8 Å². The smallest absolute Gasteiger partial charge is 0.328 e. The maximum Gasteiger partial charge on any atom is 0.328 e. The Balaban J connectivity index is 2.30. The molecular weight excluding hydrogens is 256 g/mol. The average Bonchev–Trinajstić information content (AvgIpc) is 2.38. The fourth-order valence-electron chi connectivity index (χ4n) is 1.32. The van der Waals surface area contributed by atoms with E-state index in [2.05, 4.69) is 20.3 Å². The Morgan fingerprint density at radius 1 is 1.28 bits per heavy atom. The van der Waals surface area contributed by atoms with Gasteiger partial charge >= 0.3 is 6.01 Å². The Bertz CT molecular complexity index is 550. The second-order valence-corrected chi connectivity index (χ2v) is 3.67. The number of ether oxygens (including phenoxy) is 1. The Hall–Kier alpha value is -1.92. The number of hydrogen-bond donors (Lipinski definition) is 2. The summed E-state index contributed by atoms with van der Waals surface area (Å²) in [7, 11) is 1.66. The van der Waals surface area contributed by atoms with E-state index in [0.717, 1.165) is 0 Å². The van der Waals surface area contributed by atoms with Gasteiger partial charge in [-0.25, -0.2) is 0 Å². The summed E-state index contributed by atoms with van der Waals surface area (Å²) < 4.78 is 5.48. The fourth-order valence-corrected chi connectivity index (χ4v) is 1.47. The summed E-state index contributed by atoms with van der Waals surface area (Å²) in [5, 5.41) is 12.0. The van der Waals surface area contributed by atoms with Crippen LogP contribution in [0.15, 0.2) is 24.3 Å². The molecule has 7 heteroatoms. The van der Waals surface area contributed by atoms with E-state index in [9.17, 15) is 5.11 Å². The molecule has 0 saturated heterocycles. The Morgan fingerprint density at radius 2 is 2.06 bits per heavy atom. The molecule has 2 rings (SSSR count). The number of anilines is 1. The first-order chi connectivity index (χ1) is 8.72. The van der Waals surface area contributed by atoms with E-state index in [4.69, 9.17) is 16.3 Å². The number of aliphatic hydroxyl groups excluding tert-OH is 1. The molecule has 2 N–H and O–H groups in total. The van der Waals surface area contributed by atoms with Gasteiger partial charge in [0.05, 0.1) is 6.61 Å². The van der Waals surface area contributed by atoms with E-state index in [1.54, 1.807) is 31.3 Å². The van der Waals surface area contributed by atoms with Crippen molar-refractivity contribution in [1.29, 1.82) is 0 Å². The van der Waals surface area contributed by atoms with Gasteiger partial charge in [-0.15, -0.1) is 0 Å². The van der Waals surface area contributed by atoms with Crippen LogP contribution >= 0.6 is 11.6 Å². The molecule has 0 unspecified atom stereocenters. The fraction of sp³-hybridized carbons (Fsp3) is 0.182. The van der Waals surface area contributed by atoms with Gasteiger partial charge in [-0.1, -0.05) is 18.2 Å². The van der Waals surface area contributed by atoms with Crippen molar-refractivity contribution in [3.63, 3.8) is 0 Å². The summed E-state index contributed by atoms with van der Waals surface area (Å²) in [6.45, 7) is -0.131. The zero-order chi connectivity index (χ0) is 13.0. The highest BCUT2D eigenvalue weighted by Gasteiger charge is 2.08. The molecule has 0 spiro atoms. The summed E-state index contributed by atoms with van der Waals surface area (Å²) in [5.74, 6) is 0.788. The van der Waals surface area contributed by atoms with E-state index < -0.39 is 0 Å². The van der Waals surface area contributed by atoms with Crippen molar-refractivity contribution in [2.45, 2.75) is 6.61 Å². The summed E-state index contributed by atoms with van der Waals surface area (Å²) in [5.41, 5.74) is 0.639. The molecule has 0 bridgehead atoms. The zero-order valence-corrected chi connectivity index (χ0v) is 10.3. The molecule has 1 aromatic carbocycles. The number of nitrogens with one attached hydrogen (secondary N) is 1. The van der Waals surface area contributed by atoms with Crippen LogP contribution in [0, 0.1) is 0 Å². The Labute approximate surface area is 109 Å². The lowest BCUT2D eigenvalue weighted by atomic mass is 10.2. The molecule has 0 radical (unpaired) electrons. The third-order valence-corrected chi connectivity index (χ3v) is 2.32. The van der Waals surface area contributed by atoms with Crippen molar-refractivity contribution < 1.29 is 9.84 Å². The predicted molar refractivity (Wildman–Crippen MR) is 66.8 cm³/mol. The van der Waals surface area contributed by atoms with Crippen LogP contribution in [-0.2, 0) is 6.61 Å². The van der Waals surface area contributed by atoms with E-state index in [-0.39, 0.29) is 17.9 Å². The molecule has 18 heavy (non-hydrogen) atoms. The molecule has 6 nitrogen and oxygen atoms in total. The van der Waals surface area contributed by atoms with E-state index >= 15 is 0 Å². The minimum atomic E-state index is -0.131. The SMILES string of the molecule is CNc1nc(Cl)nc(Oc2ccccc2CO)n1. The zero-order valence-electron chi connectivity index (χ0n) is 9.59. The van der Waals surface area contributed by atoms with E-state index in [0.29, 0.717) is 17.3 Å². The van der Waals surface area contributed by atoms with Crippen LogP contribution in [0.2, 0.25) is 5.28 Å². The molecule has 0 aliphatic carbocycles. The average molecular weight is 267 g/mol.